The van der Waals surface area contributed by atoms with Crippen LogP contribution in [0, 0.1) is 0 Å². The molecule has 0 bridgehead atoms. The number of rotatable bonds is 4. The summed E-state index contributed by atoms with van der Waals surface area (Å²) in [6, 6.07) is 62.9. The summed E-state index contributed by atoms with van der Waals surface area (Å²) in [7, 11) is 0. The van der Waals surface area contributed by atoms with Crippen molar-refractivity contribution in [3.05, 3.63) is 176 Å². The summed E-state index contributed by atoms with van der Waals surface area (Å²) in [5, 5.41) is 14.9. The molecule has 1 aromatic heterocycles. The molecule has 240 valence electrons. The van der Waals surface area contributed by atoms with Crippen LogP contribution in [0.5, 0.6) is 0 Å². The molecule has 52 heavy (non-hydrogen) atoms. The summed E-state index contributed by atoms with van der Waals surface area (Å²) >= 11 is 0. The fraction of sp³-hybridized carbons (Fsp3) is 0. The lowest BCUT2D eigenvalue weighted by molar-refractivity contribution is 1.07. The van der Waals surface area contributed by atoms with Crippen LogP contribution in [0.1, 0.15) is 0 Å². The van der Waals surface area contributed by atoms with Crippen LogP contribution in [0.3, 0.4) is 0 Å². The van der Waals surface area contributed by atoms with Crippen molar-refractivity contribution >= 4 is 64.6 Å². The molecule has 11 aromatic rings. The van der Waals surface area contributed by atoms with E-state index in [0.29, 0.717) is 17.5 Å². The highest BCUT2D eigenvalue weighted by atomic mass is 15.0. The quantitative estimate of drug-likeness (QED) is 0.177. The maximum Gasteiger partial charge on any atom is 0.164 e. The summed E-state index contributed by atoms with van der Waals surface area (Å²) in [6.45, 7) is 0. The fourth-order valence-electron chi connectivity index (χ4n) is 8.21. The van der Waals surface area contributed by atoms with E-state index in [9.17, 15) is 0 Å². The molecule has 3 nitrogen and oxygen atoms in total. The molecule has 1 heterocycles. The van der Waals surface area contributed by atoms with Gasteiger partial charge in [-0.15, -0.1) is 0 Å². The zero-order valence-electron chi connectivity index (χ0n) is 28.1. The van der Waals surface area contributed by atoms with Crippen molar-refractivity contribution in [3.8, 4) is 45.3 Å². The van der Waals surface area contributed by atoms with Gasteiger partial charge >= 0.3 is 0 Å². The summed E-state index contributed by atoms with van der Waals surface area (Å²) < 4.78 is 0. The summed E-state index contributed by atoms with van der Waals surface area (Å²) in [6.07, 6.45) is 0. The van der Waals surface area contributed by atoms with E-state index in [2.05, 4.69) is 152 Å². The minimum absolute atomic E-state index is 0.646. The van der Waals surface area contributed by atoms with Crippen LogP contribution < -0.4 is 0 Å². The van der Waals surface area contributed by atoms with Gasteiger partial charge in [0.1, 0.15) is 0 Å². The van der Waals surface area contributed by atoms with Crippen LogP contribution in [0.2, 0.25) is 0 Å². The molecule has 0 radical (unpaired) electrons. The Morgan fingerprint density at radius 1 is 0.231 bits per heavy atom. The normalized spacial score (nSPS) is 11.8. The van der Waals surface area contributed by atoms with Gasteiger partial charge in [-0.25, -0.2) is 15.0 Å². The maximum atomic E-state index is 5.21. The Hall–Kier alpha value is -6.97. The average Bonchev–Trinajstić information content (AvgIpc) is 3.22. The van der Waals surface area contributed by atoms with Gasteiger partial charge in [-0.05, 0) is 87.9 Å². The monoisotopic (exact) mass is 659 g/mol. The molecule has 0 atom stereocenters. The average molecular weight is 660 g/mol. The van der Waals surface area contributed by atoms with E-state index in [0.717, 1.165) is 27.6 Å². The molecule has 0 amide bonds. The van der Waals surface area contributed by atoms with Gasteiger partial charge in [0, 0.05) is 16.7 Å². The van der Waals surface area contributed by atoms with Crippen LogP contribution in [-0.4, -0.2) is 15.0 Å². The van der Waals surface area contributed by atoms with Gasteiger partial charge in [-0.2, -0.15) is 0 Å². The first-order chi connectivity index (χ1) is 25.8. The number of nitrogens with zero attached hydrogens (tertiary/aromatic N) is 3. The third-order valence-electron chi connectivity index (χ3n) is 10.6. The van der Waals surface area contributed by atoms with Gasteiger partial charge in [0.15, 0.2) is 17.5 Å². The van der Waals surface area contributed by atoms with Crippen molar-refractivity contribution < 1.29 is 0 Å². The standard InChI is InChI=1S/C49H29N3/c1-3-10-30(11-4-1)31-20-25-36(26-21-31)48-50-47(35-12-5-2-6-13-35)51-49(52-48)38-28-37-27-24-34-15-8-18-40-39-17-7-14-32-22-23-33-16-9-19-41(45(33)43(32)39)42(29-38)46(37)44(34)40/h1-29H. The van der Waals surface area contributed by atoms with E-state index in [1.54, 1.807) is 0 Å². The van der Waals surface area contributed by atoms with Crippen molar-refractivity contribution in [1.29, 1.82) is 0 Å². The predicted octanol–water partition coefficient (Wildman–Crippen LogP) is 12.9. The van der Waals surface area contributed by atoms with Gasteiger partial charge in [0.2, 0.25) is 0 Å². The Bertz CT molecular complexity index is 3150. The lowest BCUT2D eigenvalue weighted by atomic mass is 9.87. The van der Waals surface area contributed by atoms with Gasteiger partial charge < -0.3 is 0 Å². The van der Waals surface area contributed by atoms with E-state index in [1.807, 2.05) is 24.3 Å². The third-order valence-corrected chi connectivity index (χ3v) is 10.6. The Labute approximate surface area is 299 Å². The molecule has 3 heteroatoms. The highest BCUT2D eigenvalue weighted by Gasteiger charge is 2.18. The molecule has 0 aliphatic rings. The SMILES string of the molecule is c1ccc(-c2ccc(-c3nc(-c4ccccc4)nc(-c4cc5ccc6cccc7c8cccc9ccc%10cccc(c(c4)c5c67)c%10c98)n3)cc2)cc1. The molecule has 0 N–H and O–H groups in total. The van der Waals surface area contributed by atoms with Crippen LogP contribution in [0.15, 0.2) is 176 Å². The molecule has 10 aromatic carbocycles. The van der Waals surface area contributed by atoms with Crippen LogP contribution in [0.4, 0.5) is 0 Å². The first-order valence-corrected chi connectivity index (χ1v) is 17.7. The molecular weight excluding hydrogens is 631 g/mol. The number of fused-ring (bicyclic) bond motifs is 2. The zero-order valence-corrected chi connectivity index (χ0v) is 28.1. The van der Waals surface area contributed by atoms with E-state index >= 15 is 0 Å². The highest BCUT2D eigenvalue weighted by molar-refractivity contribution is 6.37. The molecule has 0 unspecified atom stereocenters. The van der Waals surface area contributed by atoms with E-state index in [1.165, 1.54) is 64.8 Å². The Balaban J connectivity index is 1.23. The summed E-state index contributed by atoms with van der Waals surface area (Å²) in [5.74, 6) is 1.94. The lowest BCUT2D eigenvalue weighted by Gasteiger charge is -2.17. The molecule has 0 spiro atoms. The van der Waals surface area contributed by atoms with E-state index < -0.39 is 0 Å². The molecule has 0 fully saturated rings. The number of hydrogen-bond acceptors (Lipinski definition) is 3. The number of benzene rings is 9. The first-order valence-electron chi connectivity index (χ1n) is 17.7. The van der Waals surface area contributed by atoms with Crippen molar-refractivity contribution in [2.45, 2.75) is 0 Å². The smallest absolute Gasteiger partial charge is 0.164 e. The molecule has 0 saturated heterocycles. The predicted molar refractivity (Wildman–Crippen MR) is 218 cm³/mol. The van der Waals surface area contributed by atoms with Crippen molar-refractivity contribution in [1.82, 2.24) is 15.0 Å². The Kier molecular flexibility index (Phi) is 6.25. The van der Waals surface area contributed by atoms with Crippen LogP contribution in [-0.2, 0) is 0 Å². The number of aromatic nitrogens is 3. The summed E-state index contributed by atoms with van der Waals surface area (Å²) in [5.41, 5.74) is 5.18. The van der Waals surface area contributed by atoms with Crippen molar-refractivity contribution in [2.24, 2.45) is 0 Å². The lowest BCUT2D eigenvalue weighted by Crippen LogP contribution is -2.00. The largest absolute Gasteiger partial charge is 0.208 e. The second-order valence-electron chi connectivity index (χ2n) is 13.6. The molecule has 0 saturated carbocycles. The molecule has 0 aliphatic carbocycles. The minimum Gasteiger partial charge on any atom is -0.208 e. The van der Waals surface area contributed by atoms with Crippen LogP contribution in [0.25, 0.3) is 110 Å². The highest BCUT2D eigenvalue weighted by Crippen LogP contribution is 2.44. The molecular formula is C49H29N3. The second-order valence-corrected chi connectivity index (χ2v) is 13.6. The molecule has 0 aliphatic heterocycles. The van der Waals surface area contributed by atoms with Crippen LogP contribution >= 0.6 is 0 Å². The minimum atomic E-state index is 0.646. The topological polar surface area (TPSA) is 38.7 Å². The summed E-state index contributed by atoms with van der Waals surface area (Å²) in [4.78, 5) is 15.4. The maximum absolute atomic E-state index is 5.21. The third kappa shape index (κ3) is 4.43. The molecule has 11 rings (SSSR count). The van der Waals surface area contributed by atoms with Gasteiger partial charge in [-0.3, -0.25) is 0 Å². The Morgan fingerprint density at radius 3 is 1.15 bits per heavy atom. The van der Waals surface area contributed by atoms with Crippen molar-refractivity contribution in [3.63, 3.8) is 0 Å². The van der Waals surface area contributed by atoms with Gasteiger partial charge in [0.25, 0.3) is 0 Å². The second kappa shape index (κ2) is 11.3. The Morgan fingerprint density at radius 2 is 0.615 bits per heavy atom. The first kappa shape index (κ1) is 28.8. The van der Waals surface area contributed by atoms with Crippen molar-refractivity contribution in [2.75, 3.05) is 0 Å². The van der Waals surface area contributed by atoms with Gasteiger partial charge in [0.05, 0.1) is 0 Å². The van der Waals surface area contributed by atoms with E-state index in [4.69, 9.17) is 15.0 Å². The van der Waals surface area contributed by atoms with E-state index in [-0.39, 0.29) is 0 Å². The fourth-order valence-corrected chi connectivity index (χ4v) is 8.21. The number of hydrogen-bond donors (Lipinski definition) is 0. The zero-order chi connectivity index (χ0) is 34.2. The van der Waals surface area contributed by atoms with Gasteiger partial charge in [-0.1, -0.05) is 164 Å².